The average Bonchev–Trinajstić information content (AvgIpc) is 3.20. The molecule has 0 radical (unpaired) electrons. The number of nitrogens with two attached hydrogens (primary N) is 1. The van der Waals surface area contributed by atoms with Gasteiger partial charge in [0.2, 0.25) is 5.91 Å². The second-order valence-electron chi connectivity index (χ2n) is 8.91. The monoisotopic (exact) mass is 413 g/mol. The van der Waals surface area contributed by atoms with E-state index in [4.69, 9.17) is 5.73 Å². The van der Waals surface area contributed by atoms with E-state index >= 15 is 0 Å². The van der Waals surface area contributed by atoms with Crippen molar-refractivity contribution < 1.29 is 4.79 Å². The topological polar surface area (TPSA) is 58.4 Å². The molecule has 0 aromatic heterocycles. The zero-order valence-corrected chi connectivity index (χ0v) is 18.0. The molecule has 3 aliphatic rings. The van der Waals surface area contributed by atoms with Crippen molar-refractivity contribution in [1.82, 2.24) is 10.2 Å². The van der Waals surface area contributed by atoms with Crippen LogP contribution in [-0.2, 0) is 17.8 Å². The van der Waals surface area contributed by atoms with Gasteiger partial charge < -0.3 is 11.1 Å². The quantitative estimate of drug-likeness (QED) is 0.796. The van der Waals surface area contributed by atoms with Crippen molar-refractivity contribution in [1.29, 1.82) is 0 Å². The lowest BCUT2D eigenvalue weighted by Gasteiger charge is -2.42. The second kappa shape index (κ2) is 8.69. The van der Waals surface area contributed by atoms with Crippen molar-refractivity contribution in [3.05, 3.63) is 35.4 Å². The Morgan fingerprint density at radius 1 is 1.19 bits per heavy atom. The summed E-state index contributed by atoms with van der Waals surface area (Å²) in [6, 6.07) is 8.78. The van der Waals surface area contributed by atoms with Crippen molar-refractivity contribution in [3.8, 4) is 0 Å². The summed E-state index contributed by atoms with van der Waals surface area (Å²) in [4.78, 5) is 15.3. The van der Waals surface area contributed by atoms with Crippen molar-refractivity contribution in [3.63, 3.8) is 0 Å². The number of rotatable bonds is 4. The van der Waals surface area contributed by atoms with Gasteiger partial charge >= 0.3 is 0 Å². The Bertz CT molecular complexity index is 665. The van der Waals surface area contributed by atoms with Crippen molar-refractivity contribution in [2.45, 2.75) is 57.7 Å². The van der Waals surface area contributed by atoms with Gasteiger partial charge in [-0.15, -0.1) is 24.8 Å². The van der Waals surface area contributed by atoms with E-state index in [1.807, 2.05) is 0 Å². The van der Waals surface area contributed by atoms with Crippen LogP contribution < -0.4 is 11.1 Å². The SMILES string of the molecule is CC(C)(CNC(=O)C1C2CCC(C2)C1N)N1CCc2ccccc2C1.Cl.Cl. The third kappa shape index (κ3) is 4.29. The lowest BCUT2D eigenvalue weighted by atomic mass is 9.84. The first-order valence-electron chi connectivity index (χ1n) is 9.81. The highest BCUT2D eigenvalue weighted by Crippen LogP contribution is 2.47. The molecule has 1 aliphatic heterocycles. The molecule has 4 unspecified atom stereocenters. The van der Waals surface area contributed by atoms with Crippen LogP contribution >= 0.6 is 24.8 Å². The predicted molar refractivity (Wildman–Crippen MR) is 114 cm³/mol. The largest absolute Gasteiger partial charge is 0.354 e. The lowest BCUT2D eigenvalue weighted by Crippen LogP contribution is -2.55. The van der Waals surface area contributed by atoms with Crippen LogP contribution in [0.3, 0.4) is 0 Å². The van der Waals surface area contributed by atoms with Gasteiger partial charge in [0.25, 0.3) is 0 Å². The number of carbonyl (C=O) groups is 1. The summed E-state index contributed by atoms with van der Waals surface area (Å²) in [5.74, 6) is 1.32. The lowest BCUT2D eigenvalue weighted by molar-refractivity contribution is -0.127. The van der Waals surface area contributed by atoms with Gasteiger partial charge in [0.05, 0.1) is 5.92 Å². The van der Waals surface area contributed by atoms with Gasteiger partial charge in [-0.3, -0.25) is 9.69 Å². The van der Waals surface area contributed by atoms with Crippen LogP contribution in [0.25, 0.3) is 0 Å². The molecule has 1 heterocycles. The first kappa shape index (κ1) is 22.5. The number of fused-ring (bicyclic) bond motifs is 3. The third-order valence-electron chi connectivity index (χ3n) is 6.97. The molecule has 152 valence electrons. The van der Waals surface area contributed by atoms with Gasteiger partial charge in [0.1, 0.15) is 0 Å². The molecular weight excluding hydrogens is 381 g/mol. The minimum atomic E-state index is -0.0507. The number of carbonyl (C=O) groups excluding carboxylic acids is 1. The molecule has 1 aromatic rings. The molecule has 0 spiro atoms. The van der Waals surface area contributed by atoms with Crippen LogP contribution in [0.15, 0.2) is 24.3 Å². The molecule has 4 atom stereocenters. The molecule has 6 heteroatoms. The van der Waals surface area contributed by atoms with Gasteiger partial charge in [-0.2, -0.15) is 0 Å². The number of hydrogen-bond donors (Lipinski definition) is 2. The maximum atomic E-state index is 12.8. The fourth-order valence-electron chi connectivity index (χ4n) is 5.27. The first-order valence-corrected chi connectivity index (χ1v) is 9.81. The number of hydrogen-bond acceptors (Lipinski definition) is 3. The molecule has 4 nitrogen and oxygen atoms in total. The Morgan fingerprint density at radius 2 is 1.85 bits per heavy atom. The van der Waals surface area contributed by atoms with Gasteiger partial charge in [0, 0.05) is 31.2 Å². The molecule has 2 fully saturated rings. The smallest absolute Gasteiger partial charge is 0.225 e. The Kier molecular flexibility index (Phi) is 7.23. The summed E-state index contributed by atoms with van der Waals surface area (Å²) < 4.78 is 0. The molecule has 3 N–H and O–H groups in total. The Balaban J connectivity index is 0.00000131. The fourth-order valence-corrected chi connectivity index (χ4v) is 5.27. The average molecular weight is 414 g/mol. The molecule has 27 heavy (non-hydrogen) atoms. The highest BCUT2D eigenvalue weighted by Gasteiger charge is 2.49. The summed E-state index contributed by atoms with van der Waals surface area (Å²) in [7, 11) is 0. The second-order valence-corrected chi connectivity index (χ2v) is 8.91. The number of benzene rings is 1. The van der Waals surface area contributed by atoms with E-state index in [0.717, 1.165) is 25.9 Å². The van der Waals surface area contributed by atoms with Gasteiger partial charge in [-0.25, -0.2) is 0 Å². The maximum absolute atomic E-state index is 12.8. The van der Waals surface area contributed by atoms with E-state index in [9.17, 15) is 4.79 Å². The number of nitrogens with one attached hydrogen (secondary N) is 1. The number of halogens is 2. The highest BCUT2D eigenvalue weighted by atomic mass is 35.5. The maximum Gasteiger partial charge on any atom is 0.225 e. The van der Waals surface area contributed by atoms with Crippen LogP contribution in [0.5, 0.6) is 0 Å². The molecule has 1 aromatic carbocycles. The van der Waals surface area contributed by atoms with Crippen LogP contribution in [0, 0.1) is 17.8 Å². The number of nitrogens with zero attached hydrogens (tertiary/aromatic N) is 1. The van der Waals surface area contributed by atoms with Gasteiger partial charge in [-0.05, 0) is 62.5 Å². The van der Waals surface area contributed by atoms with E-state index in [1.54, 1.807) is 0 Å². The minimum Gasteiger partial charge on any atom is -0.354 e. The first-order chi connectivity index (χ1) is 12.0. The summed E-state index contributed by atoms with van der Waals surface area (Å²) in [5, 5.41) is 3.24. The summed E-state index contributed by atoms with van der Waals surface area (Å²) in [5.41, 5.74) is 9.16. The van der Waals surface area contributed by atoms with E-state index in [-0.39, 0.29) is 48.2 Å². The third-order valence-corrected chi connectivity index (χ3v) is 6.97. The fraction of sp³-hybridized carbons (Fsp3) is 0.667. The van der Waals surface area contributed by atoms with Gasteiger partial charge in [-0.1, -0.05) is 24.3 Å². The van der Waals surface area contributed by atoms with Crippen molar-refractivity contribution in [2.75, 3.05) is 13.1 Å². The molecule has 1 amide bonds. The molecule has 4 rings (SSSR count). The Labute approximate surface area is 175 Å². The standard InChI is InChI=1S/C21H31N3O.2ClH/c1-21(2,24-10-9-14-5-3-4-6-17(14)12-24)13-23-20(25)18-15-7-8-16(11-15)19(18)22;;/h3-6,15-16,18-19H,7-13,22H2,1-2H3,(H,23,25);2*1H. The van der Waals surface area contributed by atoms with Crippen LogP contribution in [-0.4, -0.2) is 35.5 Å². The minimum absolute atomic E-state index is 0. The zero-order valence-electron chi connectivity index (χ0n) is 16.3. The Morgan fingerprint density at radius 3 is 2.52 bits per heavy atom. The normalized spacial score (nSPS) is 29.4. The van der Waals surface area contributed by atoms with Gasteiger partial charge in [0.15, 0.2) is 0 Å². The predicted octanol–water partition coefficient (Wildman–Crippen LogP) is 3.16. The van der Waals surface area contributed by atoms with E-state index in [2.05, 4.69) is 48.3 Å². The summed E-state index contributed by atoms with van der Waals surface area (Å²) in [6.45, 7) is 7.18. The van der Waals surface area contributed by atoms with Crippen LogP contribution in [0.4, 0.5) is 0 Å². The van der Waals surface area contributed by atoms with Crippen LogP contribution in [0.2, 0.25) is 0 Å². The van der Waals surface area contributed by atoms with E-state index < -0.39 is 0 Å². The highest BCUT2D eigenvalue weighted by molar-refractivity contribution is 5.85. The van der Waals surface area contributed by atoms with E-state index in [1.165, 1.54) is 24.0 Å². The number of amides is 1. The molecule has 0 saturated heterocycles. The molecule has 2 bridgehead atoms. The molecular formula is C21H33Cl2N3O. The van der Waals surface area contributed by atoms with E-state index in [0.29, 0.717) is 18.4 Å². The zero-order chi connectivity index (χ0) is 17.6. The summed E-state index contributed by atoms with van der Waals surface area (Å²) >= 11 is 0. The molecule has 2 aliphatic carbocycles. The van der Waals surface area contributed by atoms with Crippen molar-refractivity contribution >= 4 is 30.7 Å². The van der Waals surface area contributed by atoms with Crippen LogP contribution in [0.1, 0.15) is 44.2 Å². The Hall–Kier alpha value is -0.810. The van der Waals surface area contributed by atoms with Crippen molar-refractivity contribution in [2.24, 2.45) is 23.5 Å². The molecule has 2 saturated carbocycles. The summed E-state index contributed by atoms with van der Waals surface area (Å²) in [6.07, 6.45) is 4.65.